The van der Waals surface area contributed by atoms with Gasteiger partial charge in [-0.1, -0.05) is 11.6 Å². The van der Waals surface area contributed by atoms with Gasteiger partial charge < -0.3 is 10.1 Å². The van der Waals surface area contributed by atoms with Crippen LogP contribution in [0.1, 0.15) is 39.7 Å². The van der Waals surface area contributed by atoms with E-state index in [1.165, 1.54) is 12.5 Å². The van der Waals surface area contributed by atoms with Gasteiger partial charge in [0.05, 0.1) is 11.2 Å². The van der Waals surface area contributed by atoms with E-state index in [-0.39, 0.29) is 5.91 Å². The van der Waals surface area contributed by atoms with E-state index in [4.69, 9.17) is 9.72 Å². The van der Waals surface area contributed by atoms with Gasteiger partial charge in [0, 0.05) is 23.9 Å². The van der Waals surface area contributed by atoms with E-state index >= 15 is 0 Å². The van der Waals surface area contributed by atoms with Crippen LogP contribution >= 0.6 is 0 Å². The van der Waals surface area contributed by atoms with Crippen molar-refractivity contribution in [3.8, 4) is 11.6 Å². The van der Waals surface area contributed by atoms with Crippen LogP contribution in [0.2, 0.25) is 0 Å². The van der Waals surface area contributed by atoms with Gasteiger partial charge in [-0.3, -0.25) is 9.59 Å². The van der Waals surface area contributed by atoms with Gasteiger partial charge in [-0.25, -0.2) is 4.98 Å². The van der Waals surface area contributed by atoms with Gasteiger partial charge in [-0.15, -0.1) is 0 Å². The zero-order chi connectivity index (χ0) is 23.0. The monoisotopic (exact) mass is 428 g/mol. The number of carbonyl (C=O) groups excluding carboxylic acids is 2. The Morgan fingerprint density at radius 2 is 1.66 bits per heavy atom. The number of rotatable bonds is 4. The number of hydrogen-bond donors (Lipinski definition) is 1. The average Bonchev–Trinajstić information content (AvgIpc) is 3.08. The van der Waals surface area contributed by atoms with Crippen LogP contribution in [0.25, 0.3) is 16.7 Å². The van der Waals surface area contributed by atoms with Gasteiger partial charge in [0.15, 0.2) is 5.82 Å². The maximum Gasteiger partial charge on any atom is 0.308 e. The summed E-state index contributed by atoms with van der Waals surface area (Å²) < 4.78 is 6.66. The minimum Gasteiger partial charge on any atom is -0.427 e. The first-order chi connectivity index (χ1) is 15.2. The zero-order valence-electron chi connectivity index (χ0n) is 18.7. The highest BCUT2D eigenvalue weighted by Crippen LogP contribution is 2.26. The van der Waals surface area contributed by atoms with Crippen molar-refractivity contribution in [1.82, 2.24) is 14.8 Å². The number of hydrogen-bond acceptors (Lipinski definition) is 5. The number of benzene rings is 2. The number of esters is 1. The van der Waals surface area contributed by atoms with Gasteiger partial charge in [0.2, 0.25) is 0 Å². The highest BCUT2D eigenvalue weighted by Gasteiger charge is 2.15. The number of nitrogens with zero attached hydrogens (tertiary/aromatic N) is 3. The molecule has 1 amide bonds. The second-order valence-electron chi connectivity index (χ2n) is 7.93. The first kappa shape index (κ1) is 21.2. The van der Waals surface area contributed by atoms with Crippen LogP contribution in [0.3, 0.4) is 0 Å². The SMILES string of the molecule is CC(=O)Oc1ccc(C(=O)Nc2cc(C)nn2-c2cc(C)c3cc(C)cc(C)c3n2)cc1. The van der Waals surface area contributed by atoms with Crippen molar-refractivity contribution in [2.75, 3.05) is 5.32 Å². The zero-order valence-corrected chi connectivity index (χ0v) is 18.7. The molecule has 0 radical (unpaired) electrons. The first-order valence-electron chi connectivity index (χ1n) is 10.3. The van der Waals surface area contributed by atoms with Crippen molar-refractivity contribution in [3.05, 3.63) is 76.5 Å². The Morgan fingerprint density at radius 1 is 0.938 bits per heavy atom. The molecule has 7 heteroatoms. The fraction of sp³-hybridized carbons (Fsp3) is 0.200. The van der Waals surface area contributed by atoms with Gasteiger partial charge in [-0.05, 0) is 75.2 Å². The molecule has 7 nitrogen and oxygen atoms in total. The summed E-state index contributed by atoms with van der Waals surface area (Å²) in [6.45, 7) is 9.36. The normalized spacial score (nSPS) is 10.9. The summed E-state index contributed by atoms with van der Waals surface area (Å²) in [5.41, 5.74) is 5.47. The number of amides is 1. The third-order valence-corrected chi connectivity index (χ3v) is 5.11. The fourth-order valence-electron chi connectivity index (χ4n) is 3.73. The summed E-state index contributed by atoms with van der Waals surface area (Å²) in [7, 11) is 0. The van der Waals surface area contributed by atoms with Crippen LogP contribution in [0, 0.1) is 27.7 Å². The minimum atomic E-state index is -0.412. The van der Waals surface area contributed by atoms with Crippen LogP contribution in [0.15, 0.2) is 48.5 Å². The Balaban J connectivity index is 1.68. The Labute approximate surface area is 186 Å². The van der Waals surface area contributed by atoms with E-state index in [2.05, 4.69) is 29.5 Å². The highest BCUT2D eigenvalue weighted by atomic mass is 16.5. The molecule has 0 aliphatic rings. The van der Waals surface area contributed by atoms with Crippen LogP contribution in [0.4, 0.5) is 5.82 Å². The van der Waals surface area contributed by atoms with Crippen molar-refractivity contribution >= 4 is 28.6 Å². The second-order valence-corrected chi connectivity index (χ2v) is 7.93. The molecule has 4 aromatic rings. The quantitative estimate of drug-likeness (QED) is 0.372. The molecule has 0 spiro atoms. The van der Waals surface area contributed by atoms with E-state index in [1.807, 2.05) is 26.8 Å². The molecule has 0 bridgehead atoms. The van der Waals surface area contributed by atoms with Gasteiger partial charge in [0.1, 0.15) is 11.6 Å². The third-order valence-electron chi connectivity index (χ3n) is 5.11. The molecule has 4 rings (SSSR count). The van der Waals surface area contributed by atoms with Crippen LogP contribution in [-0.2, 0) is 4.79 Å². The lowest BCUT2D eigenvalue weighted by Gasteiger charge is -2.12. The maximum absolute atomic E-state index is 12.8. The molecule has 0 saturated heterocycles. The molecular weight excluding hydrogens is 404 g/mol. The molecule has 0 unspecified atom stereocenters. The predicted molar refractivity (Wildman–Crippen MR) is 124 cm³/mol. The summed E-state index contributed by atoms with van der Waals surface area (Å²) in [5.74, 6) is 0.828. The number of aryl methyl sites for hydroxylation is 4. The molecule has 2 heterocycles. The summed E-state index contributed by atoms with van der Waals surface area (Å²) in [4.78, 5) is 28.7. The van der Waals surface area contributed by atoms with E-state index in [0.29, 0.717) is 22.9 Å². The Morgan fingerprint density at radius 3 is 2.34 bits per heavy atom. The van der Waals surface area contributed by atoms with Crippen molar-refractivity contribution in [1.29, 1.82) is 0 Å². The van der Waals surface area contributed by atoms with Crippen molar-refractivity contribution < 1.29 is 14.3 Å². The van der Waals surface area contributed by atoms with E-state index < -0.39 is 5.97 Å². The summed E-state index contributed by atoms with van der Waals surface area (Å²) in [5, 5.41) is 8.57. The molecule has 0 aliphatic heterocycles. The smallest absolute Gasteiger partial charge is 0.308 e. The maximum atomic E-state index is 12.8. The molecule has 0 fully saturated rings. The number of aromatic nitrogens is 3. The standard InChI is InChI=1S/C25H24N4O3/c1-14-10-16(3)24-21(11-14)15(2)12-22(26-24)29-23(13-17(4)28-29)27-25(31)19-6-8-20(9-7-19)32-18(5)30/h6-13H,1-5H3,(H,27,31). The topological polar surface area (TPSA) is 86.1 Å². The number of anilines is 1. The largest absolute Gasteiger partial charge is 0.427 e. The van der Waals surface area contributed by atoms with Crippen LogP contribution < -0.4 is 10.1 Å². The van der Waals surface area contributed by atoms with E-state index in [9.17, 15) is 9.59 Å². The highest BCUT2D eigenvalue weighted by molar-refractivity contribution is 6.04. The fourth-order valence-corrected chi connectivity index (χ4v) is 3.73. The number of ether oxygens (including phenoxy) is 1. The molecule has 0 saturated carbocycles. The van der Waals surface area contributed by atoms with Crippen LogP contribution in [-0.4, -0.2) is 26.6 Å². The van der Waals surface area contributed by atoms with E-state index in [1.54, 1.807) is 35.0 Å². The summed E-state index contributed by atoms with van der Waals surface area (Å²) in [6, 6.07) is 14.4. The lowest BCUT2D eigenvalue weighted by molar-refractivity contribution is -0.131. The molecule has 32 heavy (non-hydrogen) atoms. The molecule has 2 aromatic heterocycles. The van der Waals surface area contributed by atoms with Gasteiger partial charge in [0.25, 0.3) is 5.91 Å². The molecule has 162 valence electrons. The van der Waals surface area contributed by atoms with Crippen molar-refractivity contribution in [2.45, 2.75) is 34.6 Å². The van der Waals surface area contributed by atoms with Crippen molar-refractivity contribution in [2.24, 2.45) is 0 Å². The molecule has 0 atom stereocenters. The number of nitrogens with one attached hydrogen (secondary N) is 1. The summed E-state index contributed by atoms with van der Waals surface area (Å²) in [6.07, 6.45) is 0. The third kappa shape index (κ3) is 4.23. The molecule has 0 aliphatic carbocycles. The van der Waals surface area contributed by atoms with Crippen molar-refractivity contribution in [3.63, 3.8) is 0 Å². The van der Waals surface area contributed by atoms with Gasteiger partial charge >= 0.3 is 5.97 Å². The Hall–Kier alpha value is -4.00. The summed E-state index contributed by atoms with van der Waals surface area (Å²) >= 11 is 0. The molecular formula is C25H24N4O3. The number of carbonyl (C=O) groups is 2. The van der Waals surface area contributed by atoms with Crippen LogP contribution in [0.5, 0.6) is 5.75 Å². The Kier molecular flexibility index (Phi) is 5.48. The predicted octanol–water partition coefficient (Wildman–Crippen LogP) is 4.83. The minimum absolute atomic E-state index is 0.301. The second kappa shape index (κ2) is 8.26. The molecule has 2 aromatic carbocycles. The number of fused-ring (bicyclic) bond motifs is 1. The lowest BCUT2D eigenvalue weighted by atomic mass is 10.0. The molecule has 1 N–H and O–H groups in total. The average molecular weight is 428 g/mol. The lowest BCUT2D eigenvalue weighted by Crippen LogP contribution is -2.16. The van der Waals surface area contributed by atoms with E-state index in [0.717, 1.165) is 27.7 Å². The Bertz CT molecular complexity index is 1350. The van der Waals surface area contributed by atoms with Gasteiger partial charge in [-0.2, -0.15) is 9.78 Å². The number of pyridine rings is 1. The first-order valence-corrected chi connectivity index (χ1v) is 10.3.